The number of likely N-dealkylation sites (N-methyl/N-ethyl adjacent to an activating group) is 1. The summed E-state index contributed by atoms with van der Waals surface area (Å²) in [5, 5.41) is 6.65. The number of ether oxygens (including phenoxy) is 1. The third-order valence-corrected chi connectivity index (χ3v) is 3.68. The maximum atomic E-state index is 13.2. The van der Waals surface area contributed by atoms with Gasteiger partial charge in [-0.05, 0) is 37.1 Å². The van der Waals surface area contributed by atoms with Gasteiger partial charge in [-0.3, -0.25) is 9.89 Å². The largest absolute Gasteiger partial charge is 0.451 e. The van der Waals surface area contributed by atoms with Gasteiger partial charge >= 0.3 is 5.97 Å². The average molecular weight is 347 g/mol. The lowest BCUT2D eigenvalue weighted by Crippen LogP contribution is -2.34. The summed E-state index contributed by atoms with van der Waals surface area (Å²) in [5.41, 5.74) is 1.68. The van der Waals surface area contributed by atoms with Gasteiger partial charge in [0.15, 0.2) is 12.3 Å². The Morgan fingerprint density at radius 2 is 2.08 bits per heavy atom. The standard InChI is InChI=1S/C18H22FN3O3/c1-3-6-15-10-16(21-20-15)18(24)25-12-17(23)22(4-2)11-13-7-5-8-14(19)9-13/h5,7-10H,3-4,6,11-12H2,1-2H3,(H,20,21). The van der Waals surface area contributed by atoms with E-state index in [2.05, 4.69) is 10.2 Å². The zero-order valence-electron chi connectivity index (χ0n) is 14.4. The van der Waals surface area contributed by atoms with Crippen molar-refractivity contribution in [2.45, 2.75) is 33.2 Å². The van der Waals surface area contributed by atoms with Gasteiger partial charge in [0.2, 0.25) is 0 Å². The number of halogens is 1. The first-order valence-electron chi connectivity index (χ1n) is 8.27. The topological polar surface area (TPSA) is 75.3 Å². The maximum absolute atomic E-state index is 13.2. The zero-order chi connectivity index (χ0) is 18.2. The van der Waals surface area contributed by atoms with Crippen molar-refractivity contribution in [1.29, 1.82) is 0 Å². The Kier molecular flexibility index (Phi) is 6.68. The monoisotopic (exact) mass is 347 g/mol. The molecule has 0 fully saturated rings. The lowest BCUT2D eigenvalue weighted by atomic mass is 10.2. The molecule has 0 unspecified atom stereocenters. The van der Waals surface area contributed by atoms with Crippen LogP contribution in [-0.2, 0) is 22.5 Å². The molecule has 6 nitrogen and oxygen atoms in total. The van der Waals surface area contributed by atoms with Gasteiger partial charge in [0.25, 0.3) is 5.91 Å². The summed E-state index contributed by atoms with van der Waals surface area (Å²) in [6, 6.07) is 7.68. The van der Waals surface area contributed by atoms with Gasteiger partial charge in [0, 0.05) is 18.8 Å². The Labute approximate surface area is 146 Å². The molecule has 2 aromatic rings. The molecule has 134 valence electrons. The lowest BCUT2D eigenvalue weighted by molar-refractivity contribution is -0.135. The van der Waals surface area contributed by atoms with E-state index in [-0.39, 0.29) is 30.6 Å². The first-order chi connectivity index (χ1) is 12.0. The second-order valence-corrected chi connectivity index (χ2v) is 5.64. The number of aryl methyl sites for hydroxylation is 1. The van der Waals surface area contributed by atoms with E-state index in [4.69, 9.17) is 4.74 Å². The molecule has 0 saturated heterocycles. The number of hydrogen-bond acceptors (Lipinski definition) is 4. The number of carbonyl (C=O) groups excluding carboxylic acids is 2. The average Bonchev–Trinajstić information content (AvgIpc) is 3.06. The van der Waals surface area contributed by atoms with Gasteiger partial charge in [-0.1, -0.05) is 25.5 Å². The van der Waals surface area contributed by atoms with Crippen LogP contribution in [0.1, 0.15) is 42.0 Å². The molecule has 2 rings (SSSR count). The third-order valence-electron chi connectivity index (χ3n) is 3.68. The highest BCUT2D eigenvalue weighted by atomic mass is 19.1. The number of nitrogens with zero attached hydrogens (tertiary/aromatic N) is 2. The Morgan fingerprint density at radius 3 is 2.76 bits per heavy atom. The highest BCUT2D eigenvalue weighted by Crippen LogP contribution is 2.08. The van der Waals surface area contributed by atoms with Crippen LogP contribution in [0.4, 0.5) is 4.39 Å². The highest BCUT2D eigenvalue weighted by molar-refractivity contribution is 5.89. The van der Waals surface area contributed by atoms with Gasteiger partial charge in [-0.2, -0.15) is 5.10 Å². The fourth-order valence-electron chi connectivity index (χ4n) is 2.39. The Morgan fingerprint density at radius 1 is 1.28 bits per heavy atom. The van der Waals surface area contributed by atoms with Crippen molar-refractivity contribution < 1.29 is 18.7 Å². The van der Waals surface area contributed by atoms with Crippen molar-refractivity contribution in [2.24, 2.45) is 0 Å². The molecule has 1 heterocycles. The predicted octanol–water partition coefficient (Wildman–Crippen LogP) is 2.71. The first kappa shape index (κ1) is 18.6. The second-order valence-electron chi connectivity index (χ2n) is 5.64. The van der Waals surface area contributed by atoms with E-state index in [1.54, 1.807) is 18.2 Å². The second kappa shape index (κ2) is 8.96. The summed E-state index contributed by atoms with van der Waals surface area (Å²) in [6.07, 6.45) is 1.72. The maximum Gasteiger partial charge on any atom is 0.359 e. The molecule has 0 aliphatic carbocycles. The molecule has 1 aromatic heterocycles. The molecule has 0 aliphatic heterocycles. The van der Waals surface area contributed by atoms with Gasteiger partial charge in [-0.15, -0.1) is 0 Å². The van der Waals surface area contributed by atoms with E-state index in [9.17, 15) is 14.0 Å². The van der Waals surface area contributed by atoms with E-state index in [0.717, 1.165) is 18.5 Å². The number of benzene rings is 1. The number of aromatic nitrogens is 2. The van der Waals surface area contributed by atoms with E-state index >= 15 is 0 Å². The molecule has 0 aliphatic rings. The van der Waals surface area contributed by atoms with Gasteiger partial charge in [-0.25, -0.2) is 9.18 Å². The molecule has 0 spiro atoms. The minimum atomic E-state index is -0.645. The zero-order valence-corrected chi connectivity index (χ0v) is 14.4. The summed E-state index contributed by atoms with van der Waals surface area (Å²) in [5.74, 6) is -1.34. The fraction of sp³-hybridized carbons (Fsp3) is 0.389. The van der Waals surface area contributed by atoms with Crippen LogP contribution in [0.15, 0.2) is 30.3 Å². The molecule has 1 aromatic carbocycles. The van der Waals surface area contributed by atoms with Crippen LogP contribution in [0, 0.1) is 5.82 Å². The fourth-order valence-corrected chi connectivity index (χ4v) is 2.39. The number of carbonyl (C=O) groups is 2. The third kappa shape index (κ3) is 5.41. The van der Waals surface area contributed by atoms with Crippen LogP contribution < -0.4 is 0 Å². The van der Waals surface area contributed by atoms with Gasteiger partial charge in [0.05, 0.1) is 0 Å². The Hall–Kier alpha value is -2.70. The van der Waals surface area contributed by atoms with Crippen molar-refractivity contribution >= 4 is 11.9 Å². The van der Waals surface area contributed by atoms with E-state index < -0.39 is 5.97 Å². The van der Waals surface area contributed by atoms with Crippen LogP contribution in [0.5, 0.6) is 0 Å². The number of aromatic amines is 1. The van der Waals surface area contributed by atoms with Crippen LogP contribution in [-0.4, -0.2) is 40.1 Å². The quantitative estimate of drug-likeness (QED) is 0.745. The number of esters is 1. The van der Waals surface area contributed by atoms with Crippen LogP contribution in [0.25, 0.3) is 0 Å². The molecule has 0 atom stereocenters. The Balaban J connectivity index is 1.89. The van der Waals surface area contributed by atoms with E-state index in [1.807, 2.05) is 13.8 Å². The number of rotatable bonds is 8. The van der Waals surface area contributed by atoms with Crippen molar-refractivity contribution in [3.8, 4) is 0 Å². The molecule has 25 heavy (non-hydrogen) atoms. The van der Waals surface area contributed by atoms with E-state index in [1.165, 1.54) is 17.0 Å². The predicted molar refractivity (Wildman–Crippen MR) is 90.4 cm³/mol. The minimum absolute atomic E-state index is 0.157. The number of H-pyrrole nitrogens is 1. The van der Waals surface area contributed by atoms with Crippen molar-refractivity contribution in [1.82, 2.24) is 15.1 Å². The summed E-state index contributed by atoms with van der Waals surface area (Å²) < 4.78 is 18.3. The molecule has 1 amide bonds. The normalized spacial score (nSPS) is 10.5. The molecule has 0 bridgehead atoms. The summed E-state index contributed by atoms with van der Waals surface area (Å²) in [4.78, 5) is 25.7. The molecule has 0 radical (unpaired) electrons. The highest BCUT2D eigenvalue weighted by Gasteiger charge is 2.17. The van der Waals surface area contributed by atoms with Gasteiger partial charge < -0.3 is 9.64 Å². The summed E-state index contributed by atoms with van der Waals surface area (Å²) >= 11 is 0. The molecular weight excluding hydrogens is 325 g/mol. The molecule has 0 saturated carbocycles. The Bertz CT molecular complexity index is 730. The lowest BCUT2D eigenvalue weighted by Gasteiger charge is -2.20. The molecular formula is C18H22FN3O3. The van der Waals surface area contributed by atoms with Crippen LogP contribution >= 0.6 is 0 Å². The molecule has 7 heteroatoms. The SMILES string of the molecule is CCCc1cc(C(=O)OCC(=O)N(CC)Cc2cccc(F)c2)n[nH]1. The van der Waals surface area contributed by atoms with Crippen LogP contribution in [0.2, 0.25) is 0 Å². The molecule has 1 N–H and O–H groups in total. The van der Waals surface area contributed by atoms with Crippen molar-refractivity contribution in [3.05, 3.63) is 53.1 Å². The van der Waals surface area contributed by atoms with E-state index in [0.29, 0.717) is 12.1 Å². The first-order valence-corrected chi connectivity index (χ1v) is 8.27. The number of amides is 1. The minimum Gasteiger partial charge on any atom is -0.451 e. The summed E-state index contributed by atoms with van der Waals surface area (Å²) in [7, 11) is 0. The van der Waals surface area contributed by atoms with Crippen LogP contribution in [0.3, 0.4) is 0 Å². The van der Waals surface area contributed by atoms with Crippen molar-refractivity contribution in [3.63, 3.8) is 0 Å². The smallest absolute Gasteiger partial charge is 0.359 e. The van der Waals surface area contributed by atoms with Gasteiger partial charge in [0.1, 0.15) is 5.82 Å². The number of nitrogens with one attached hydrogen (secondary N) is 1. The summed E-state index contributed by atoms with van der Waals surface area (Å²) in [6.45, 7) is 4.14. The number of hydrogen-bond donors (Lipinski definition) is 1. The van der Waals surface area contributed by atoms with Crippen molar-refractivity contribution in [2.75, 3.05) is 13.2 Å².